The van der Waals surface area contributed by atoms with Crippen LogP contribution in [0.2, 0.25) is 0 Å². The van der Waals surface area contributed by atoms with Crippen LogP contribution in [-0.2, 0) is 52.5 Å². The maximum atomic E-state index is 13.5. The van der Waals surface area contributed by atoms with Gasteiger partial charge in [0.2, 0.25) is 35.4 Å². The van der Waals surface area contributed by atoms with Crippen LogP contribution in [0.15, 0.2) is 0 Å². The van der Waals surface area contributed by atoms with Crippen LogP contribution in [0.5, 0.6) is 0 Å². The Morgan fingerprint density at radius 1 is 0.580 bits per heavy atom. The van der Waals surface area contributed by atoms with Crippen LogP contribution < -0.4 is 31.9 Å². The number of aliphatic hydroxyl groups excluding tert-OH is 6. The maximum Gasteiger partial charge on any atom is 0.242 e. The second kappa shape index (κ2) is 39.1. The van der Waals surface area contributed by atoms with E-state index in [0.717, 1.165) is 44.1 Å². The van der Waals surface area contributed by atoms with Gasteiger partial charge in [0.1, 0.15) is 54.7 Å². The van der Waals surface area contributed by atoms with Gasteiger partial charge in [-0.15, -0.1) is 0 Å². The van der Waals surface area contributed by atoms with E-state index in [-0.39, 0.29) is 55.1 Å². The number of hydrogen-bond donors (Lipinski definition) is 12. The highest BCUT2D eigenvalue weighted by molar-refractivity contribution is 5.87. The normalized spacial score (nSPS) is 26.9. The Balaban J connectivity index is 1.39. The third-order valence-electron chi connectivity index (χ3n) is 15.6. The molecule has 23 nitrogen and oxygen atoms in total. The van der Waals surface area contributed by atoms with Gasteiger partial charge in [0.05, 0.1) is 19.3 Å². The summed E-state index contributed by atoms with van der Waals surface area (Å²) in [5.41, 5.74) is -0.0825. The van der Waals surface area contributed by atoms with Crippen LogP contribution in [0.25, 0.3) is 0 Å². The van der Waals surface area contributed by atoms with Gasteiger partial charge in [0.25, 0.3) is 0 Å². The SMILES string of the molecule is CC(=O)NC1C(OCCCCCC(=O)NCCCC[C@H](NC(=O)CCCCCOC2OC(CO)C(O)C(O)C2NC(C)=O)C(=O)NCCCCCC(=O)NCC(C)(C)CC(C)COC2CCCC(C(C)C)CC2)OC(CO)C(O)C1O. The Hall–Kier alpha value is -3.62. The molecule has 14 atom stereocenters. The number of amides is 6. The fraction of sp³-hybridized carbons (Fsp3) is 0.897. The van der Waals surface area contributed by atoms with E-state index in [1.54, 1.807) is 0 Å². The average Bonchev–Trinajstić information content (AvgIpc) is 3.67. The molecule has 0 aromatic carbocycles. The van der Waals surface area contributed by atoms with Crippen LogP contribution in [0.3, 0.4) is 0 Å². The molecule has 1 saturated carbocycles. The second-order valence-corrected chi connectivity index (χ2v) is 24.0. The minimum absolute atomic E-state index is 0.00180. The summed E-state index contributed by atoms with van der Waals surface area (Å²) in [6.45, 7) is 15.0. The second-order valence-electron chi connectivity index (χ2n) is 24.0. The lowest BCUT2D eigenvalue weighted by molar-refractivity contribution is -0.270. The predicted molar refractivity (Wildman–Crippen MR) is 302 cm³/mol. The van der Waals surface area contributed by atoms with E-state index >= 15 is 0 Å². The Morgan fingerprint density at radius 2 is 1.09 bits per heavy atom. The van der Waals surface area contributed by atoms with Gasteiger partial charge in [-0.1, -0.05) is 66.7 Å². The Labute approximate surface area is 481 Å². The van der Waals surface area contributed by atoms with Gasteiger partial charge in [-0.25, -0.2) is 0 Å². The number of unbranched alkanes of at least 4 members (excludes halogenated alkanes) is 7. The molecular formula is C58H106N6O17. The van der Waals surface area contributed by atoms with Crippen LogP contribution in [0, 0.1) is 23.2 Å². The Kier molecular flexibility index (Phi) is 34.6. The van der Waals surface area contributed by atoms with Crippen molar-refractivity contribution in [3.63, 3.8) is 0 Å². The highest BCUT2D eigenvalue weighted by Gasteiger charge is 2.46. The Morgan fingerprint density at radius 3 is 1.62 bits per heavy atom. The van der Waals surface area contributed by atoms with Crippen molar-refractivity contribution in [2.24, 2.45) is 23.2 Å². The fourth-order valence-corrected chi connectivity index (χ4v) is 10.9. The predicted octanol–water partition coefficient (Wildman–Crippen LogP) is 2.27. The minimum Gasteiger partial charge on any atom is -0.394 e. The standard InChI is InChI=1S/C58H106N6O17/c1-37(2)41-20-19-21-42(27-26-41)79-35-38(3)32-58(6,7)36-61-47(70)24-11-8-15-29-60-55(76)43(64-48(71)25-13-10-18-31-78-57-50(63-40(5)68)54(75)52(73)45(34-66)81-57)22-14-16-28-59-46(69)23-12-9-17-30-77-56-49(62-39(4)67)53(74)51(72)44(33-65)80-56/h37-38,41-45,49-54,56-57,65-66,72-75H,8-36H2,1-7H3,(H,59,69)(H,60,76)(H,61,70)(H,62,67)(H,63,68)(H,64,71)/t38?,41?,42?,43-,44?,45?,49?,50?,51?,52?,53?,54?,56?,57?/m0/s1. The van der Waals surface area contributed by atoms with Crippen molar-refractivity contribution in [2.75, 3.05) is 52.7 Å². The number of carbonyl (C=O) groups is 6. The summed E-state index contributed by atoms with van der Waals surface area (Å²) in [5, 5.41) is 77.5. The molecule has 0 bridgehead atoms. The zero-order valence-electron chi connectivity index (χ0n) is 49.8. The summed E-state index contributed by atoms with van der Waals surface area (Å²) in [6.07, 6.45) is 4.74. The summed E-state index contributed by atoms with van der Waals surface area (Å²) in [6, 6.07) is -2.91. The van der Waals surface area contributed by atoms with E-state index in [2.05, 4.69) is 66.5 Å². The summed E-state index contributed by atoms with van der Waals surface area (Å²) >= 11 is 0. The van der Waals surface area contributed by atoms with E-state index in [0.29, 0.717) is 109 Å². The van der Waals surface area contributed by atoms with Crippen LogP contribution >= 0.6 is 0 Å². The molecule has 23 heteroatoms. The van der Waals surface area contributed by atoms with Crippen molar-refractivity contribution in [3.8, 4) is 0 Å². The molecular weight excluding hydrogens is 1050 g/mol. The molecule has 0 aromatic rings. The highest BCUT2D eigenvalue weighted by Crippen LogP contribution is 2.32. The monoisotopic (exact) mass is 1160 g/mol. The molecule has 2 saturated heterocycles. The third-order valence-corrected chi connectivity index (χ3v) is 15.6. The summed E-state index contributed by atoms with van der Waals surface area (Å²) in [4.78, 5) is 75.7. The average molecular weight is 1160 g/mol. The van der Waals surface area contributed by atoms with Gasteiger partial charge < -0.3 is 86.2 Å². The van der Waals surface area contributed by atoms with Crippen molar-refractivity contribution in [3.05, 3.63) is 0 Å². The number of carbonyl (C=O) groups excluding carboxylic acids is 6. The van der Waals surface area contributed by atoms with Crippen LogP contribution in [0.1, 0.15) is 183 Å². The van der Waals surface area contributed by atoms with Crippen molar-refractivity contribution < 1.29 is 83.1 Å². The van der Waals surface area contributed by atoms with Gasteiger partial charge in [-0.05, 0) is 107 Å². The number of hydrogen-bond acceptors (Lipinski definition) is 17. The number of rotatable bonds is 39. The van der Waals surface area contributed by atoms with Crippen LogP contribution in [-0.4, -0.2) is 192 Å². The lowest BCUT2D eigenvalue weighted by Gasteiger charge is -2.42. The molecule has 81 heavy (non-hydrogen) atoms. The lowest BCUT2D eigenvalue weighted by atomic mass is 9.83. The molecule has 3 fully saturated rings. The largest absolute Gasteiger partial charge is 0.394 e. The minimum atomic E-state index is -1.43. The summed E-state index contributed by atoms with van der Waals surface area (Å²) in [7, 11) is 0. The molecule has 1 aliphatic carbocycles. The van der Waals surface area contributed by atoms with Gasteiger partial charge in [0.15, 0.2) is 12.6 Å². The molecule has 2 aliphatic heterocycles. The third kappa shape index (κ3) is 28.2. The van der Waals surface area contributed by atoms with Gasteiger partial charge >= 0.3 is 0 Å². The zero-order valence-corrected chi connectivity index (χ0v) is 49.8. The molecule has 470 valence electrons. The molecule has 6 amide bonds. The summed E-state index contributed by atoms with van der Waals surface area (Å²) in [5.74, 6) is 0.203. The maximum absolute atomic E-state index is 13.5. The van der Waals surface area contributed by atoms with Crippen molar-refractivity contribution in [1.29, 1.82) is 0 Å². The molecule has 3 rings (SSSR count). The van der Waals surface area contributed by atoms with Gasteiger partial charge in [0, 0.05) is 72.6 Å². The van der Waals surface area contributed by atoms with E-state index < -0.39 is 92.4 Å². The number of nitrogens with one attached hydrogen (secondary N) is 6. The molecule has 13 unspecified atom stereocenters. The molecule has 12 N–H and O–H groups in total. The van der Waals surface area contributed by atoms with E-state index in [1.165, 1.54) is 33.1 Å². The first-order valence-electron chi connectivity index (χ1n) is 30.3. The first-order valence-corrected chi connectivity index (χ1v) is 30.3. The molecule has 0 spiro atoms. The lowest BCUT2D eigenvalue weighted by Crippen LogP contribution is -2.64. The van der Waals surface area contributed by atoms with Gasteiger partial charge in [-0.2, -0.15) is 0 Å². The topological polar surface area (TPSA) is 342 Å². The fourth-order valence-electron chi connectivity index (χ4n) is 10.9. The molecule has 2 heterocycles. The summed E-state index contributed by atoms with van der Waals surface area (Å²) < 4.78 is 29.1. The van der Waals surface area contributed by atoms with Crippen LogP contribution in [0.4, 0.5) is 0 Å². The molecule has 0 aromatic heterocycles. The highest BCUT2D eigenvalue weighted by atomic mass is 16.7. The molecule has 0 radical (unpaired) electrons. The van der Waals surface area contributed by atoms with Crippen molar-refractivity contribution in [2.45, 2.75) is 257 Å². The Bertz CT molecular complexity index is 1830. The van der Waals surface area contributed by atoms with E-state index in [9.17, 15) is 59.4 Å². The quantitative estimate of drug-likeness (QED) is 0.0310. The first kappa shape index (κ1) is 71.6. The van der Waals surface area contributed by atoms with E-state index in [1.807, 2.05) is 0 Å². The smallest absolute Gasteiger partial charge is 0.242 e. The first-order chi connectivity index (χ1) is 38.5. The van der Waals surface area contributed by atoms with Gasteiger partial charge in [-0.3, -0.25) is 28.8 Å². The van der Waals surface area contributed by atoms with E-state index in [4.69, 9.17) is 23.7 Å². The van der Waals surface area contributed by atoms with Crippen molar-refractivity contribution in [1.82, 2.24) is 31.9 Å². The number of aliphatic hydroxyl groups is 6. The number of ether oxygens (including phenoxy) is 5. The van der Waals surface area contributed by atoms with Crippen molar-refractivity contribution >= 4 is 35.4 Å². The zero-order chi connectivity index (χ0) is 59.9. The molecule has 3 aliphatic rings.